The first-order valence-electron chi connectivity index (χ1n) is 13.5. The van der Waals surface area contributed by atoms with E-state index in [-0.39, 0.29) is 30.3 Å². The van der Waals surface area contributed by atoms with E-state index in [0.29, 0.717) is 18.3 Å². The molecule has 0 radical (unpaired) electrons. The van der Waals surface area contributed by atoms with Gasteiger partial charge in [0.15, 0.2) is 6.29 Å². The van der Waals surface area contributed by atoms with E-state index in [2.05, 4.69) is 26.8 Å². The molecule has 8 nitrogen and oxygen atoms in total. The van der Waals surface area contributed by atoms with Crippen LogP contribution in [0.15, 0.2) is 11.6 Å². The predicted octanol–water partition coefficient (Wildman–Crippen LogP) is 2.50. The average Bonchev–Trinajstić information content (AvgIpc) is 3.42. The van der Waals surface area contributed by atoms with Crippen LogP contribution in [-0.4, -0.2) is 74.0 Å². The van der Waals surface area contributed by atoms with Gasteiger partial charge in [0, 0.05) is 12.5 Å². The lowest BCUT2D eigenvalue weighted by molar-refractivity contribution is -0.307. The fourth-order valence-corrected chi connectivity index (χ4v) is 9.47. The van der Waals surface area contributed by atoms with Gasteiger partial charge in [-0.25, -0.2) is 0 Å². The molecule has 0 spiro atoms. The van der Waals surface area contributed by atoms with E-state index >= 15 is 0 Å². The normalized spacial score (nSPS) is 51.2. The minimum atomic E-state index is -1.30. The van der Waals surface area contributed by atoms with Gasteiger partial charge in [0.25, 0.3) is 0 Å². The van der Waals surface area contributed by atoms with Gasteiger partial charge in [-0.05, 0) is 55.8 Å². The molecule has 0 amide bonds. The van der Waals surface area contributed by atoms with Crippen molar-refractivity contribution in [3.63, 3.8) is 0 Å². The Hall–Kier alpha value is -1.32. The van der Waals surface area contributed by atoms with Gasteiger partial charge in [-0.2, -0.15) is 0 Å². The van der Waals surface area contributed by atoms with Gasteiger partial charge in [0.05, 0.1) is 25.2 Å². The summed E-state index contributed by atoms with van der Waals surface area (Å²) in [6.07, 6.45) is 1.94. The lowest BCUT2D eigenvalue weighted by Crippen LogP contribution is -2.64. The van der Waals surface area contributed by atoms with E-state index in [4.69, 9.17) is 18.9 Å². The molecule has 0 aromatic heterocycles. The molecule has 1 heterocycles. The highest BCUT2D eigenvalue weighted by Crippen LogP contribution is 2.82. The van der Waals surface area contributed by atoms with Gasteiger partial charge >= 0.3 is 5.97 Å². The number of hydrogen-bond acceptors (Lipinski definition) is 8. The number of rotatable bonds is 7. The number of fused-ring (bicyclic) bond motifs is 2. The van der Waals surface area contributed by atoms with Gasteiger partial charge < -0.3 is 34.0 Å². The number of methoxy groups -OCH3 is 2. The maximum atomic E-state index is 14.0. The topological polar surface area (TPSA) is 112 Å². The Kier molecular flexibility index (Phi) is 6.48. The fraction of sp³-hybridized carbons (Fsp3) is 0.857. The summed E-state index contributed by atoms with van der Waals surface area (Å²) in [6.45, 7) is 8.30. The zero-order valence-electron chi connectivity index (χ0n) is 22.3. The molecule has 4 fully saturated rings. The molecule has 3 saturated carbocycles. The van der Waals surface area contributed by atoms with Crippen LogP contribution in [-0.2, 0) is 28.5 Å². The number of allylic oxidation sites excluding steroid dienone is 1. The molecule has 1 saturated heterocycles. The Labute approximate surface area is 213 Å². The van der Waals surface area contributed by atoms with Gasteiger partial charge in [0.1, 0.15) is 30.0 Å². The summed E-state index contributed by atoms with van der Waals surface area (Å²) in [5.41, 5.74) is -1.65. The van der Waals surface area contributed by atoms with E-state index < -0.39 is 47.0 Å². The van der Waals surface area contributed by atoms with Gasteiger partial charge in [-0.15, -0.1) is 0 Å². The molecule has 2 N–H and O–H groups in total. The van der Waals surface area contributed by atoms with E-state index in [1.165, 1.54) is 14.2 Å². The highest BCUT2D eigenvalue weighted by Gasteiger charge is 2.84. The molecule has 0 aromatic carbocycles. The third-order valence-corrected chi connectivity index (χ3v) is 10.8. The monoisotopic (exact) mass is 506 g/mol. The number of carbonyl (C=O) groups excluding carboxylic acids is 2. The molecule has 0 unspecified atom stereocenters. The number of ether oxygens (including phenoxy) is 4. The highest BCUT2D eigenvalue weighted by molar-refractivity contribution is 5.91. The molecule has 5 aliphatic rings. The van der Waals surface area contributed by atoms with Crippen LogP contribution in [0.2, 0.25) is 0 Å². The van der Waals surface area contributed by atoms with Crippen LogP contribution < -0.4 is 0 Å². The van der Waals surface area contributed by atoms with Crippen LogP contribution in [0.5, 0.6) is 0 Å². The minimum absolute atomic E-state index is 0.0215. The molecule has 36 heavy (non-hydrogen) atoms. The molecular formula is C28H42O8. The first kappa shape index (κ1) is 26.3. The molecule has 1 aliphatic heterocycles. The Morgan fingerprint density at radius 1 is 1.19 bits per heavy atom. The van der Waals surface area contributed by atoms with Gasteiger partial charge in [0.2, 0.25) is 0 Å². The highest BCUT2D eigenvalue weighted by atomic mass is 16.7. The summed E-state index contributed by atoms with van der Waals surface area (Å²) in [7, 11) is 2.88. The first-order chi connectivity index (χ1) is 17.1. The quantitative estimate of drug-likeness (QED) is 0.308. The Morgan fingerprint density at radius 3 is 2.53 bits per heavy atom. The van der Waals surface area contributed by atoms with E-state index in [1.54, 1.807) is 6.92 Å². The van der Waals surface area contributed by atoms with Crippen molar-refractivity contribution in [2.75, 3.05) is 20.8 Å². The second-order valence-electron chi connectivity index (χ2n) is 12.4. The minimum Gasteiger partial charge on any atom is -0.468 e. The number of esters is 1. The van der Waals surface area contributed by atoms with Crippen molar-refractivity contribution < 1.29 is 38.7 Å². The molecule has 202 valence electrons. The second kappa shape index (κ2) is 8.87. The van der Waals surface area contributed by atoms with Crippen molar-refractivity contribution in [1.82, 2.24) is 0 Å². The smallest absolute Gasteiger partial charge is 0.317 e. The number of aliphatic hydroxyl groups excluding tert-OH is 2. The number of aldehydes is 1. The van der Waals surface area contributed by atoms with Crippen molar-refractivity contribution in [3.05, 3.63) is 11.6 Å². The van der Waals surface area contributed by atoms with Crippen molar-refractivity contribution in [1.29, 1.82) is 0 Å². The molecular weight excluding hydrogens is 464 g/mol. The first-order valence-corrected chi connectivity index (χ1v) is 13.5. The van der Waals surface area contributed by atoms with Crippen LogP contribution >= 0.6 is 0 Å². The summed E-state index contributed by atoms with van der Waals surface area (Å²) in [6, 6.07) is 0. The predicted molar refractivity (Wildman–Crippen MR) is 129 cm³/mol. The second-order valence-corrected chi connectivity index (χ2v) is 12.4. The van der Waals surface area contributed by atoms with Crippen LogP contribution in [0.3, 0.4) is 0 Å². The number of carbonyl (C=O) groups is 2. The largest absolute Gasteiger partial charge is 0.468 e. The Balaban J connectivity index is 1.59. The Bertz CT molecular complexity index is 933. The average molecular weight is 507 g/mol. The maximum absolute atomic E-state index is 14.0. The third kappa shape index (κ3) is 2.99. The zero-order chi connectivity index (χ0) is 26.2. The lowest BCUT2D eigenvalue weighted by atomic mass is 9.43. The summed E-state index contributed by atoms with van der Waals surface area (Å²) in [4.78, 5) is 27.3. The van der Waals surface area contributed by atoms with Gasteiger partial charge in [-0.3, -0.25) is 4.79 Å². The van der Waals surface area contributed by atoms with E-state index in [9.17, 15) is 19.8 Å². The van der Waals surface area contributed by atoms with E-state index in [0.717, 1.165) is 31.1 Å². The lowest BCUT2D eigenvalue weighted by Gasteiger charge is -2.59. The molecule has 5 rings (SSSR count). The fourth-order valence-electron chi connectivity index (χ4n) is 9.47. The Morgan fingerprint density at radius 2 is 1.92 bits per heavy atom. The summed E-state index contributed by atoms with van der Waals surface area (Å²) in [5.74, 6) is 0.571. The standard InChI is InChI=1S/C28H42O8/c1-14(2)20-9-17-10-26(12-29)19-8-7-15(3)18(19)11-27(17,28(20,26)25(32)34-6)13-35-24-22(31)21(30)23(33-5)16(4)36-24/h9,12,14-19,21-24,30-31H,7-8,10-11,13H2,1-6H3/t15-,16+,17-,18-,19-,21+,22+,23-,24+,26-,27-,28-/m1/s1. The third-order valence-electron chi connectivity index (χ3n) is 10.8. The van der Waals surface area contributed by atoms with Crippen molar-refractivity contribution in [2.45, 2.75) is 84.1 Å². The van der Waals surface area contributed by atoms with Crippen molar-refractivity contribution in [2.24, 2.45) is 45.8 Å². The number of aliphatic hydroxyl groups is 2. The molecule has 12 atom stereocenters. The van der Waals surface area contributed by atoms with Crippen LogP contribution in [0.4, 0.5) is 0 Å². The van der Waals surface area contributed by atoms with E-state index in [1.807, 2.05) is 0 Å². The summed E-state index contributed by atoms with van der Waals surface area (Å²) >= 11 is 0. The molecule has 8 heteroatoms. The molecule has 0 aromatic rings. The van der Waals surface area contributed by atoms with Crippen molar-refractivity contribution >= 4 is 12.3 Å². The zero-order valence-corrected chi connectivity index (χ0v) is 22.3. The van der Waals surface area contributed by atoms with Crippen LogP contribution in [0, 0.1) is 45.8 Å². The van der Waals surface area contributed by atoms with Gasteiger partial charge in [-0.1, -0.05) is 38.8 Å². The summed E-state index contributed by atoms with van der Waals surface area (Å²) < 4.78 is 23.2. The maximum Gasteiger partial charge on any atom is 0.317 e. The van der Waals surface area contributed by atoms with Crippen LogP contribution in [0.25, 0.3) is 0 Å². The van der Waals surface area contributed by atoms with Crippen molar-refractivity contribution in [3.8, 4) is 0 Å². The van der Waals surface area contributed by atoms with Crippen LogP contribution in [0.1, 0.15) is 53.4 Å². The molecule has 4 aliphatic carbocycles. The molecule has 4 bridgehead atoms. The number of hydrogen-bond donors (Lipinski definition) is 2. The summed E-state index contributed by atoms with van der Waals surface area (Å²) in [5, 5.41) is 21.4. The SMILES string of the molecule is COC(=O)[C@]12C(C(C)C)=C[C@@H]3C[C@@]1(C=O)[C@@H]1CC[C@@H](C)[C@H]1C[C@@]32CO[C@H]1O[C@@H](C)[C@@H](OC)[C@@H](O)[C@@H]1O.